The quantitative estimate of drug-likeness (QED) is 0.559. The molecule has 0 N–H and O–H groups in total. The van der Waals surface area contributed by atoms with Gasteiger partial charge in [0.1, 0.15) is 0 Å². The molecule has 0 amide bonds. The summed E-state index contributed by atoms with van der Waals surface area (Å²) in [6.45, 7) is 5.50. The van der Waals surface area contributed by atoms with Crippen LogP contribution in [-0.2, 0) is 21.3 Å². The number of hydrogen-bond donors (Lipinski definition) is 0. The Hall–Kier alpha value is -1.78. The van der Waals surface area contributed by atoms with Gasteiger partial charge in [-0.1, -0.05) is 25.1 Å². The predicted octanol–water partition coefficient (Wildman–Crippen LogP) is 5.23. The SMILES string of the molecule is CCC(C)(C)C(=O)OC1(c2ccc(C(F)(F)F)cc2)C=CCC1. The van der Waals surface area contributed by atoms with Crippen molar-refractivity contribution >= 4 is 5.97 Å². The van der Waals surface area contributed by atoms with Crippen LogP contribution in [0.1, 0.15) is 51.2 Å². The van der Waals surface area contributed by atoms with Gasteiger partial charge in [0, 0.05) is 0 Å². The van der Waals surface area contributed by atoms with Crippen molar-refractivity contribution in [2.75, 3.05) is 0 Å². The molecule has 0 fully saturated rings. The van der Waals surface area contributed by atoms with Gasteiger partial charge in [0.2, 0.25) is 0 Å². The molecule has 23 heavy (non-hydrogen) atoms. The molecule has 0 aliphatic heterocycles. The highest BCUT2D eigenvalue weighted by atomic mass is 19.4. The number of ether oxygens (including phenoxy) is 1. The zero-order valence-corrected chi connectivity index (χ0v) is 13.5. The first-order chi connectivity index (χ1) is 10.6. The van der Waals surface area contributed by atoms with Gasteiger partial charge in [0.05, 0.1) is 11.0 Å². The summed E-state index contributed by atoms with van der Waals surface area (Å²) in [6.07, 6.45) is 1.19. The summed E-state index contributed by atoms with van der Waals surface area (Å²) in [5.41, 5.74) is -1.73. The van der Waals surface area contributed by atoms with Crippen molar-refractivity contribution in [2.45, 2.75) is 51.8 Å². The molecule has 5 heteroatoms. The van der Waals surface area contributed by atoms with E-state index in [4.69, 9.17) is 4.74 Å². The molecule has 126 valence electrons. The lowest BCUT2D eigenvalue weighted by molar-refractivity contribution is -0.167. The molecular weight excluding hydrogens is 305 g/mol. The van der Waals surface area contributed by atoms with E-state index >= 15 is 0 Å². The highest BCUT2D eigenvalue weighted by molar-refractivity contribution is 5.76. The summed E-state index contributed by atoms with van der Waals surface area (Å²) in [4.78, 5) is 12.4. The van der Waals surface area contributed by atoms with E-state index in [1.54, 1.807) is 19.9 Å². The van der Waals surface area contributed by atoms with Crippen molar-refractivity contribution in [2.24, 2.45) is 5.41 Å². The Morgan fingerprint density at radius 1 is 1.22 bits per heavy atom. The lowest BCUT2D eigenvalue weighted by atomic mass is 9.88. The van der Waals surface area contributed by atoms with Gasteiger partial charge in [-0.25, -0.2) is 0 Å². The summed E-state index contributed by atoms with van der Waals surface area (Å²) >= 11 is 0. The monoisotopic (exact) mass is 326 g/mol. The molecule has 0 heterocycles. The fourth-order valence-corrected chi connectivity index (χ4v) is 2.43. The molecule has 1 aromatic carbocycles. The Labute approximate surface area is 134 Å². The normalized spacial score (nSPS) is 21.5. The van der Waals surface area contributed by atoms with E-state index in [-0.39, 0.29) is 5.97 Å². The Balaban J connectivity index is 2.32. The molecule has 2 rings (SSSR count). The molecule has 1 atom stereocenters. The Morgan fingerprint density at radius 2 is 1.83 bits per heavy atom. The molecule has 0 spiro atoms. The molecule has 1 aliphatic carbocycles. The van der Waals surface area contributed by atoms with Crippen molar-refractivity contribution in [1.29, 1.82) is 0 Å². The second-order valence-electron chi connectivity index (χ2n) is 6.53. The molecule has 1 aliphatic rings. The third-order valence-corrected chi connectivity index (χ3v) is 4.48. The van der Waals surface area contributed by atoms with Crippen LogP contribution in [-0.4, -0.2) is 5.97 Å². The summed E-state index contributed by atoms with van der Waals surface area (Å²) < 4.78 is 43.9. The van der Waals surface area contributed by atoms with Crippen molar-refractivity contribution < 1.29 is 22.7 Å². The standard InChI is InChI=1S/C18H21F3O2/c1-4-16(2,3)15(22)23-17(11-5-6-12-17)13-7-9-14(10-8-13)18(19,20)21/h5,7-11H,4,6,12H2,1-3H3. The first kappa shape index (κ1) is 17.6. The van der Waals surface area contributed by atoms with Gasteiger partial charge in [-0.15, -0.1) is 0 Å². The number of allylic oxidation sites excluding steroid dienone is 1. The van der Waals surface area contributed by atoms with Gasteiger partial charge < -0.3 is 4.74 Å². The number of halogens is 3. The van der Waals surface area contributed by atoms with E-state index in [1.165, 1.54) is 12.1 Å². The maximum atomic E-state index is 12.7. The second-order valence-corrected chi connectivity index (χ2v) is 6.53. The van der Waals surface area contributed by atoms with Gasteiger partial charge in [-0.2, -0.15) is 13.2 Å². The fraction of sp³-hybridized carbons (Fsp3) is 0.500. The summed E-state index contributed by atoms with van der Waals surface area (Å²) in [7, 11) is 0. The summed E-state index contributed by atoms with van der Waals surface area (Å²) in [5.74, 6) is -0.341. The lowest BCUT2D eigenvalue weighted by Gasteiger charge is -2.32. The Morgan fingerprint density at radius 3 is 2.26 bits per heavy atom. The molecular formula is C18H21F3O2. The zero-order chi connectivity index (χ0) is 17.3. The molecule has 1 unspecified atom stereocenters. The van der Waals surface area contributed by atoms with Crippen LogP contribution in [0.15, 0.2) is 36.4 Å². The smallest absolute Gasteiger partial charge is 0.416 e. The third-order valence-electron chi connectivity index (χ3n) is 4.48. The van der Waals surface area contributed by atoms with E-state index in [1.807, 2.05) is 13.0 Å². The van der Waals surface area contributed by atoms with Gasteiger partial charge in [0.15, 0.2) is 5.60 Å². The van der Waals surface area contributed by atoms with Crippen LogP contribution < -0.4 is 0 Å². The minimum absolute atomic E-state index is 0.341. The maximum absolute atomic E-state index is 12.7. The molecule has 0 saturated carbocycles. The van der Waals surface area contributed by atoms with Crippen molar-refractivity contribution in [3.63, 3.8) is 0 Å². The highest BCUT2D eigenvalue weighted by Gasteiger charge is 2.40. The molecule has 0 radical (unpaired) electrons. The molecule has 0 aromatic heterocycles. The van der Waals surface area contributed by atoms with Crippen molar-refractivity contribution in [3.8, 4) is 0 Å². The number of benzene rings is 1. The van der Waals surface area contributed by atoms with E-state index in [0.717, 1.165) is 18.6 Å². The largest absolute Gasteiger partial charge is 0.449 e. The summed E-state index contributed by atoms with van der Waals surface area (Å²) in [5, 5.41) is 0. The lowest BCUT2D eigenvalue weighted by Crippen LogP contribution is -2.35. The predicted molar refractivity (Wildman–Crippen MR) is 81.7 cm³/mol. The number of alkyl halides is 3. The topological polar surface area (TPSA) is 26.3 Å². The van der Waals surface area contributed by atoms with E-state index < -0.39 is 22.8 Å². The van der Waals surface area contributed by atoms with Crippen molar-refractivity contribution in [1.82, 2.24) is 0 Å². The first-order valence-electron chi connectivity index (χ1n) is 7.70. The minimum atomic E-state index is -4.38. The average molecular weight is 326 g/mol. The van der Waals surface area contributed by atoms with E-state index in [9.17, 15) is 18.0 Å². The average Bonchev–Trinajstić information content (AvgIpc) is 2.96. The molecule has 2 nitrogen and oxygen atoms in total. The van der Waals surface area contributed by atoms with Gasteiger partial charge in [-0.3, -0.25) is 4.79 Å². The van der Waals surface area contributed by atoms with Crippen LogP contribution >= 0.6 is 0 Å². The van der Waals surface area contributed by atoms with Crippen LogP contribution in [0.4, 0.5) is 13.2 Å². The summed E-state index contributed by atoms with van der Waals surface area (Å²) in [6, 6.07) is 4.85. The molecule has 0 bridgehead atoms. The molecule has 0 saturated heterocycles. The van der Waals surface area contributed by atoms with Crippen LogP contribution in [0, 0.1) is 5.41 Å². The van der Waals surface area contributed by atoms with Crippen LogP contribution in [0.25, 0.3) is 0 Å². The van der Waals surface area contributed by atoms with Crippen molar-refractivity contribution in [3.05, 3.63) is 47.5 Å². The Kier molecular flexibility index (Phi) is 4.60. The van der Waals surface area contributed by atoms with Crippen LogP contribution in [0.3, 0.4) is 0 Å². The number of rotatable bonds is 4. The zero-order valence-electron chi connectivity index (χ0n) is 13.5. The number of esters is 1. The number of carbonyl (C=O) groups excluding carboxylic acids is 1. The number of carbonyl (C=O) groups is 1. The second kappa shape index (κ2) is 6.02. The van der Waals surface area contributed by atoms with Crippen LogP contribution in [0.2, 0.25) is 0 Å². The maximum Gasteiger partial charge on any atom is 0.416 e. The first-order valence-corrected chi connectivity index (χ1v) is 7.70. The Bertz CT molecular complexity index is 600. The van der Waals surface area contributed by atoms with Gasteiger partial charge in [0.25, 0.3) is 0 Å². The number of hydrogen-bond acceptors (Lipinski definition) is 2. The third kappa shape index (κ3) is 3.59. The highest BCUT2D eigenvalue weighted by Crippen LogP contribution is 2.40. The minimum Gasteiger partial charge on any atom is -0.449 e. The van der Waals surface area contributed by atoms with E-state index in [2.05, 4.69) is 0 Å². The molecule has 1 aromatic rings. The fourth-order valence-electron chi connectivity index (χ4n) is 2.43. The van der Waals surface area contributed by atoms with Gasteiger partial charge >= 0.3 is 12.1 Å². The van der Waals surface area contributed by atoms with Crippen LogP contribution in [0.5, 0.6) is 0 Å². The van der Waals surface area contributed by atoms with E-state index in [0.29, 0.717) is 18.4 Å². The van der Waals surface area contributed by atoms with Gasteiger partial charge in [-0.05, 0) is 56.9 Å².